The van der Waals surface area contributed by atoms with Gasteiger partial charge >= 0.3 is 0 Å². The summed E-state index contributed by atoms with van der Waals surface area (Å²) in [5, 5.41) is 4.69. The first-order chi connectivity index (χ1) is 8.25. The highest BCUT2D eigenvalue weighted by Gasteiger charge is 2.06. The van der Waals surface area contributed by atoms with E-state index in [-0.39, 0.29) is 11.6 Å². The molecule has 2 aromatic heterocycles. The van der Waals surface area contributed by atoms with Crippen LogP contribution < -0.4 is 11.1 Å². The van der Waals surface area contributed by atoms with Crippen molar-refractivity contribution in [1.29, 1.82) is 0 Å². The van der Waals surface area contributed by atoms with Gasteiger partial charge in [0.05, 0.1) is 23.6 Å². The van der Waals surface area contributed by atoms with E-state index >= 15 is 0 Å². The lowest BCUT2D eigenvalue weighted by Crippen LogP contribution is -2.26. The quantitative estimate of drug-likeness (QED) is 0.822. The molecule has 2 aromatic rings. The Morgan fingerprint density at radius 3 is 2.88 bits per heavy atom. The van der Waals surface area contributed by atoms with Gasteiger partial charge in [-0.2, -0.15) is 0 Å². The van der Waals surface area contributed by atoms with Gasteiger partial charge in [0.1, 0.15) is 11.5 Å². The van der Waals surface area contributed by atoms with Gasteiger partial charge in [-0.05, 0) is 0 Å². The fourth-order valence-electron chi connectivity index (χ4n) is 1.21. The first-order valence-electron chi connectivity index (χ1n) is 4.98. The second-order valence-corrected chi connectivity index (χ2v) is 4.03. The molecule has 0 bridgehead atoms. The molecule has 0 fully saturated rings. The molecule has 0 saturated carbocycles. The van der Waals surface area contributed by atoms with Crippen LogP contribution in [0.5, 0.6) is 0 Å². The summed E-state index contributed by atoms with van der Waals surface area (Å²) in [7, 11) is 0. The van der Waals surface area contributed by atoms with Crippen LogP contribution in [0.2, 0.25) is 0 Å². The van der Waals surface area contributed by atoms with Crippen molar-refractivity contribution in [3.63, 3.8) is 0 Å². The standard InChI is InChI=1S/C10H11N5OS/c11-9-4-13-8(3-14-9)10(16)12-2-1-7-5-17-6-15-7/h3-6H,1-2H2,(H2,11,14)(H,12,16). The minimum absolute atomic E-state index is 0.257. The number of carbonyl (C=O) groups excluding carboxylic acids is 1. The molecule has 0 spiro atoms. The zero-order valence-corrected chi connectivity index (χ0v) is 9.78. The highest BCUT2D eigenvalue weighted by Crippen LogP contribution is 2.01. The molecule has 88 valence electrons. The number of carbonyl (C=O) groups is 1. The summed E-state index contributed by atoms with van der Waals surface area (Å²) in [6.07, 6.45) is 3.42. The number of nitrogens with zero attached hydrogens (tertiary/aromatic N) is 3. The van der Waals surface area contributed by atoms with Crippen LogP contribution in [0.15, 0.2) is 23.3 Å². The molecule has 1 amide bonds. The molecule has 6 nitrogen and oxygen atoms in total. The van der Waals surface area contributed by atoms with E-state index in [1.807, 2.05) is 5.38 Å². The van der Waals surface area contributed by atoms with E-state index in [0.29, 0.717) is 18.8 Å². The molecule has 0 radical (unpaired) electrons. The maximum Gasteiger partial charge on any atom is 0.271 e. The summed E-state index contributed by atoms with van der Waals surface area (Å²) in [4.78, 5) is 23.4. The maximum absolute atomic E-state index is 11.6. The number of rotatable bonds is 4. The molecule has 0 unspecified atom stereocenters. The second-order valence-electron chi connectivity index (χ2n) is 3.31. The topological polar surface area (TPSA) is 93.8 Å². The predicted octanol–water partition coefficient (Wildman–Crippen LogP) is 0.488. The number of amides is 1. The Bertz CT molecular complexity index is 482. The smallest absolute Gasteiger partial charge is 0.271 e. The molecule has 2 rings (SSSR count). The lowest BCUT2D eigenvalue weighted by Gasteiger charge is -2.02. The summed E-state index contributed by atoms with van der Waals surface area (Å²) < 4.78 is 0. The molecule has 0 aliphatic heterocycles. The molecular weight excluding hydrogens is 238 g/mol. The van der Waals surface area contributed by atoms with Crippen molar-refractivity contribution >= 4 is 23.1 Å². The summed E-state index contributed by atoms with van der Waals surface area (Å²) in [6.45, 7) is 0.522. The number of hydrogen-bond donors (Lipinski definition) is 2. The van der Waals surface area contributed by atoms with E-state index < -0.39 is 0 Å². The normalized spacial score (nSPS) is 10.1. The zero-order valence-electron chi connectivity index (χ0n) is 8.96. The molecule has 2 heterocycles. The van der Waals surface area contributed by atoms with E-state index in [1.165, 1.54) is 23.7 Å². The summed E-state index contributed by atoms with van der Waals surface area (Å²) in [5.74, 6) is 0.0387. The first-order valence-corrected chi connectivity index (χ1v) is 5.93. The molecule has 0 aliphatic carbocycles. The summed E-state index contributed by atoms with van der Waals surface area (Å²) >= 11 is 1.54. The number of nitrogens with one attached hydrogen (secondary N) is 1. The lowest BCUT2D eigenvalue weighted by molar-refractivity contribution is 0.0949. The zero-order chi connectivity index (χ0) is 12.1. The largest absolute Gasteiger partial charge is 0.382 e. The molecule has 17 heavy (non-hydrogen) atoms. The minimum Gasteiger partial charge on any atom is -0.382 e. The van der Waals surface area contributed by atoms with Gasteiger partial charge in [-0.3, -0.25) is 4.79 Å². The number of anilines is 1. The number of nitrogen functional groups attached to an aromatic ring is 1. The molecule has 0 saturated heterocycles. The number of nitrogens with two attached hydrogens (primary N) is 1. The highest BCUT2D eigenvalue weighted by atomic mass is 32.1. The Morgan fingerprint density at radius 1 is 1.35 bits per heavy atom. The van der Waals surface area contributed by atoms with Crippen molar-refractivity contribution in [2.24, 2.45) is 0 Å². The van der Waals surface area contributed by atoms with Crippen molar-refractivity contribution < 1.29 is 4.79 Å². The van der Waals surface area contributed by atoms with Crippen LogP contribution in [-0.2, 0) is 6.42 Å². The van der Waals surface area contributed by atoms with E-state index in [1.54, 1.807) is 5.51 Å². The van der Waals surface area contributed by atoms with E-state index in [2.05, 4.69) is 20.3 Å². The molecule has 0 aromatic carbocycles. The third-order valence-corrected chi connectivity index (χ3v) is 2.69. The monoisotopic (exact) mass is 249 g/mol. The van der Waals surface area contributed by atoms with Gasteiger partial charge in [-0.25, -0.2) is 15.0 Å². The Hall–Kier alpha value is -2.02. The van der Waals surface area contributed by atoms with Crippen LogP contribution in [0.25, 0.3) is 0 Å². The van der Waals surface area contributed by atoms with Crippen LogP contribution in [0.3, 0.4) is 0 Å². The fraction of sp³-hybridized carbons (Fsp3) is 0.200. The maximum atomic E-state index is 11.6. The van der Waals surface area contributed by atoms with Crippen molar-refractivity contribution in [3.8, 4) is 0 Å². The van der Waals surface area contributed by atoms with Gasteiger partial charge in [-0.1, -0.05) is 0 Å². The van der Waals surface area contributed by atoms with Crippen LogP contribution in [0.4, 0.5) is 5.82 Å². The molecular formula is C10H11N5OS. The molecule has 0 atom stereocenters. The van der Waals surface area contributed by atoms with Gasteiger partial charge in [0.2, 0.25) is 0 Å². The van der Waals surface area contributed by atoms with Gasteiger partial charge < -0.3 is 11.1 Å². The Kier molecular flexibility index (Phi) is 3.61. The number of hydrogen-bond acceptors (Lipinski definition) is 6. The van der Waals surface area contributed by atoms with E-state index in [0.717, 1.165) is 5.69 Å². The molecule has 3 N–H and O–H groups in total. The van der Waals surface area contributed by atoms with Crippen LogP contribution in [0.1, 0.15) is 16.2 Å². The number of thiazole rings is 1. The van der Waals surface area contributed by atoms with Crippen molar-refractivity contribution in [1.82, 2.24) is 20.3 Å². The summed E-state index contributed by atoms with van der Waals surface area (Å²) in [5.41, 5.74) is 8.38. The predicted molar refractivity (Wildman–Crippen MR) is 64.6 cm³/mol. The lowest BCUT2D eigenvalue weighted by atomic mass is 10.3. The Balaban J connectivity index is 1.83. The minimum atomic E-state index is -0.257. The van der Waals surface area contributed by atoms with Gasteiger partial charge in [-0.15, -0.1) is 11.3 Å². The highest BCUT2D eigenvalue weighted by molar-refractivity contribution is 7.07. The van der Waals surface area contributed by atoms with E-state index in [4.69, 9.17) is 5.73 Å². The third kappa shape index (κ3) is 3.22. The van der Waals surface area contributed by atoms with Crippen molar-refractivity contribution in [2.75, 3.05) is 12.3 Å². The second kappa shape index (κ2) is 5.35. The molecule has 7 heteroatoms. The van der Waals surface area contributed by atoms with Crippen molar-refractivity contribution in [3.05, 3.63) is 34.7 Å². The van der Waals surface area contributed by atoms with Crippen molar-refractivity contribution in [2.45, 2.75) is 6.42 Å². The van der Waals surface area contributed by atoms with Crippen LogP contribution in [0, 0.1) is 0 Å². The van der Waals surface area contributed by atoms with Crippen LogP contribution in [-0.4, -0.2) is 27.4 Å². The van der Waals surface area contributed by atoms with Crippen LogP contribution >= 0.6 is 11.3 Å². The Labute approximate surface area is 102 Å². The van der Waals surface area contributed by atoms with Gasteiger partial charge in [0.25, 0.3) is 5.91 Å². The van der Waals surface area contributed by atoms with Gasteiger partial charge in [0.15, 0.2) is 0 Å². The average molecular weight is 249 g/mol. The van der Waals surface area contributed by atoms with E-state index in [9.17, 15) is 4.79 Å². The fourth-order valence-corrected chi connectivity index (χ4v) is 1.80. The molecule has 0 aliphatic rings. The number of aromatic nitrogens is 3. The SMILES string of the molecule is Nc1cnc(C(=O)NCCc2cscn2)cn1. The summed E-state index contributed by atoms with van der Waals surface area (Å²) in [6, 6.07) is 0. The third-order valence-electron chi connectivity index (χ3n) is 2.05. The Morgan fingerprint density at radius 2 is 2.24 bits per heavy atom. The average Bonchev–Trinajstić information content (AvgIpc) is 2.83. The first kappa shape index (κ1) is 11.5. The van der Waals surface area contributed by atoms with Gasteiger partial charge in [0, 0.05) is 18.3 Å².